The zero-order valence-electron chi connectivity index (χ0n) is 15.6. The predicted molar refractivity (Wildman–Crippen MR) is 98.5 cm³/mol. The molecule has 0 aliphatic carbocycles. The summed E-state index contributed by atoms with van der Waals surface area (Å²) in [6.45, 7) is 7.03. The monoisotopic (exact) mass is 351 g/mol. The Morgan fingerprint density at radius 1 is 1.24 bits per heavy atom. The average Bonchev–Trinajstić information content (AvgIpc) is 2.63. The molecule has 3 N–H and O–H groups in total. The highest BCUT2D eigenvalue weighted by Crippen LogP contribution is 2.35. The third kappa shape index (κ3) is 4.94. The Morgan fingerprint density at radius 2 is 2.04 bits per heavy atom. The van der Waals surface area contributed by atoms with Gasteiger partial charge in [-0.25, -0.2) is 0 Å². The largest absolute Gasteiger partial charge is 0.493 e. The van der Waals surface area contributed by atoms with Crippen molar-refractivity contribution in [2.45, 2.75) is 58.8 Å². The maximum absolute atomic E-state index is 10.4. The second-order valence-electron chi connectivity index (χ2n) is 7.23. The molecular weight excluding hydrogens is 318 g/mol. The van der Waals surface area contributed by atoms with Crippen LogP contribution in [0.2, 0.25) is 0 Å². The number of aliphatic hydroxyl groups is 3. The van der Waals surface area contributed by atoms with E-state index in [0.29, 0.717) is 19.6 Å². The Labute approximate surface area is 151 Å². The summed E-state index contributed by atoms with van der Waals surface area (Å²) in [5.41, 5.74) is 1.51. The number of ether oxygens (including phenoxy) is 1. The van der Waals surface area contributed by atoms with Gasteiger partial charge in [0.05, 0.1) is 25.9 Å². The lowest BCUT2D eigenvalue weighted by molar-refractivity contribution is -0.0819. The summed E-state index contributed by atoms with van der Waals surface area (Å²) < 4.78 is 5.68. The maximum atomic E-state index is 10.4. The fourth-order valence-electron chi connectivity index (χ4n) is 3.82. The molecule has 0 amide bonds. The van der Waals surface area contributed by atoms with Gasteiger partial charge in [-0.05, 0) is 37.0 Å². The van der Waals surface area contributed by atoms with Gasteiger partial charge in [0, 0.05) is 30.6 Å². The summed E-state index contributed by atoms with van der Waals surface area (Å²) >= 11 is 0. The number of nitrogens with zero attached hydrogens (tertiary/aromatic N) is 1. The van der Waals surface area contributed by atoms with Crippen LogP contribution >= 0.6 is 0 Å². The number of piperidine rings is 1. The first-order valence-electron chi connectivity index (χ1n) is 9.45. The topological polar surface area (TPSA) is 73.2 Å². The van der Waals surface area contributed by atoms with Gasteiger partial charge in [-0.1, -0.05) is 26.3 Å². The Balaban J connectivity index is 2.08. The third-order valence-corrected chi connectivity index (χ3v) is 5.19. The van der Waals surface area contributed by atoms with Crippen molar-refractivity contribution in [3.8, 4) is 5.75 Å². The normalized spacial score (nSPS) is 24.4. The lowest BCUT2D eigenvalue weighted by Crippen LogP contribution is -2.53. The van der Waals surface area contributed by atoms with Crippen molar-refractivity contribution in [1.29, 1.82) is 0 Å². The molecule has 5 nitrogen and oxygen atoms in total. The van der Waals surface area contributed by atoms with Crippen molar-refractivity contribution in [2.24, 2.45) is 5.41 Å². The molecule has 1 aliphatic rings. The van der Waals surface area contributed by atoms with E-state index in [4.69, 9.17) is 4.74 Å². The number of hydrogen-bond donors (Lipinski definition) is 3. The summed E-state index contributed by atoms with van der Waals surface area (Å²) in [7, 11) is 0. The van der Waals surface area contributed by atoms with Crippen LogP contribution in [0.1, 0.15) is 50.7 Å². The molecule has 0 radical (unpaired) electrons. The quantitative estimate of drug-likeness (QED) is 0.637. The molecule has 1 aliphatic heterocycles. The lowest BCUT2D eigenvalue weighted by atomic mass is 9.74. The standard InChI is InChI=1S/C20H33NO4/c1-3-8-20(15-23)14-21(9-7-19(20)24)12-16-5-6-18(25-10-4-2)17(11-16)13-22/h5-6,11,19,22-24H,3-4,7-10,12-15H2,1-2H3/t19-,20-/m0/s1. The summed E-state index contributed by atoms with van der Waals surface area (Å²) in [4.78, 5) is 2.29. The van der Waals surface area contributed by atoms with Crippen molar-refractivity contribution < 1.29 is 20.1 Å². The van der Waals surface area contributed by atoms with Crippen LogP contribution in [0.4, 0.5) is 0 Å². The summed E-state index contributed by atoms with van der Waals surface area (Å²) in [5, 5.41) is 29.9. The Bertz CT molecular complexity index is 536. The van der Waals surface area contributed by atoms with Crippen LogP contribution in [-0.2, 0) is 13.2 Å². The zero-order chi connectivity index (χ0) is 18.3. The molecular formula is C20H33NO4. The van der Waals surface area contributed by atoms with Crippen LogP contribution in [0.5, 0.6) is 5.75 Å². The van der Waals surface area contributed by atoms with Crippen LogP contribution in [0.3, 0.4) is 0 Å². The minimum atomic E-state index is -0.438. The molecule has 0 saturated carbocycles. The molecule has 0 unspecified atom stereocenters. The molecule has 1 saturated heterocycles. The van der Waals surface area contributed by atoms with E-state index >= 15 is 0 Å². The van der Waals surface area contributed by atoms with E-state index in [1.165, 1.54) is 0 Å². The highest BCUT2D eigenvalue weighted by molar-refractivity contribution is 5.37. The second-order valence-corrected chi connectivity index (χ2v) is 7.23. The van der Waals surface area contributed by atoms with Crippen LogP contribution in [0, 0.1) is 5.41 Å². The minimum absolute atomic E-state index is 0.0180. The van der Waals surface area contributed by atoms with E-state index in [0.717, 1.165) is 49.2 Å². The third-order valence-electron chi connectivity index (χ3n) is 5.19. The van der Waals surface area contributed by atoms with E-state index in [-0.39, 0.29) is 13.2 Å². The maximum Gasteiger partial charge on any atom is 0.124 e. The Kier molecular flexibility index (Phi) is 7.69. The van der Waals surface area contributed by atoms with E-state index in [1.54, 1.807) is 0 Å². The lowest BCUT2D eigenvalue weighted by Gasteiger charge is -2.45. The van der Waals surface area contributed by atoms with Crippen LogP contribution < -0.4 is 4.74 Å². The fourth-order valence-corrected chi connectivity index (χ4v) is 3.82. The van der Waals surface area contributed by atoms with Gasteiger partial charge in [-0.3, -0.25) is 4.90 Å². The predicted octanol–water partition coefficient (Wildman–Crippen LogP) is 2.31. The average molecular weight is 351 g/mol. The van der Waals surface area contributed by atoms with Crippen LogP contribution in [0.15, 0.2) is 18.2 Å². The first-order valence-corrected chi connectivity index (χ1v) is 9.45. The summed E-state index contributed by atoms with van der Waals surface area (Å²) in [6.07, 6.45) is 2.96. The zero-order valence-corrected chi connectivity index (χ0v) is 15.6. The first kappa shape index (κ1) is 20.2. The van der Waals surface area contributed by atoms with Crippen LogP contribution in [0.25, 0.3) is 0 Å². The highest BCUT2D eigenvalue weighted by Gasteiger charge is 2.41. The molecule has 1 aromatic rings. The highest BCUT2D eigenvalue weighted by atomic mass is 16.5. The summed E-state index contributed by atoms with van der Waals surface area (Å²) in [6, 6.07) is 5.97. The molecule has 25 heavy (non-hydrogen) atoms. The molecule has 1 fully saturated rings. The first-order chi connectivity index (χ1) is 12.1. The molecule has 0 bridgehead atoms. The molecule has 1 aromatic carbocycles. The number of aliphatic hydroxyl groups excluding tert-OH is 3. The van der Waals surface area contributed by atoms with Crippen molar-refractivity contribution in [3.05, 3.63) is 29.3 Å². The molecule has 2 atom stereocenters. The molecule has 2 rings (SSSR count). The van der Waals surface area contributed by atoms with Gasteiger partial charge in [0.1, 0.15) is 5.75 Å². The Hall–Kier alpha value is -1.14. The molecule has 5 heteroatoms. The smallest absolute Gasteiger partial charge is 0.124 e. The van der Waals surface area contributed by atoms with Gasteiger partial charge < -0.3 is 20.1 Å². The van der Waals surface area contributed by atoms with Crippen molar-refractivity contribution in [3.63, 3.8) is 0 Å². The van der Waals surface area contributed by atoms with Gasteiger partial charge >= 0.3 is 0 Å². The minimum Gasteiger partial charge on any atom is -0.493 e. The van der Waals surface area contributed by atoms with E-state index in [9.17, 15) is 15.3 Å². The van der Waals surface area contributed by atoms with Gasteiger partial charge in [0.2, 0.25) is 0 Å². The van der Waals surface area contributed by atoms with Gasteiger partial charge in [0.25, 0.3) is 0 Å². The van der Waals surface area contributed by atoms with Crippen molar-refractivity contribution >= 4 is 0 Å². The number of hydrogen-bond acceptors (Lipinski definition) is 5. The van der Waals surface area contributed by atoms with Crippen LogP contribution in [-0.4, -0.2) is 52.6 Å². The van der Waals surface area contributed by atoms with Gasteiger partial charge in [0.15, 0.2) is 0 Å². The number of benzene rings is 1. The van der Waals surface area contributed by atoms with Crippen molar-refractivity contribution in [1.82, 2.24) is 4.90 Å². The Morgan fingerprint density at radius 3 is 2.68 bits per heavy atom. The van der Waals surface area contributed by atoms with Crippen molar-refractivity contribution in [2.75, 3.05) is 26.3 Å². The number of likely N-dealkylation sites (tertiary alicyclic amines) is 1. The van der Waals surface area contributed by atoms with E-state index < -0.39 is 11.5 Å². The molecule has 0 aromatic heterocycles. The van der Waals surface area contributed by atoms with E-state index in [1.807, 2.05) is 18.2 Å². The second kappa shape index (κ2) is 9.53. The van der Waals surface area contributed by atoms with Gasteiger partial charge in [-0.2, -0.15) is 0 Å². The van der Waals surface area contributed by atoms with E-state index in [2.05, 4.69) is 18.7 Å². The molecule has 1 heterocycles. The van der Waals surface area contributed by atoms with Gasteiger partial charge in [-0.15, -0.1) is 0 Å². The summed E-state index contributed by atoms with van der Waals surface area (Å²) in [5.74, 6) is 0.748. The molecule has 0 spiro atoms. The SMILES string of the molecule is CCCOc1ccc(CN2CC[C@H](O)[C@@](CO)(CCC)C2)cc1CO. The molecule has 142 valence electrons. The number of rotatable bonds is 9. The fraction of sp³-hybridized carbons (Fsp3) is 0.700.